The highest BCUT2D eigenvalue weighted by Gasteiger charge is 2.43. The molecule has 0 aliphatic carbocycles. The van der Waals surface area contributed by atoms with Crippen molar-refractivity contribution in [3.8, 4) is 0 Å². The van der Waals surface area contributed by atoms with Gasteiger partial charge in [-0.15, -0.1) is 0 Å². The van der Waals surface area contributed by atoms with Crippen LogP contribution in [0.1, 0.15) is 20.8 Å². The van der Waals surface area contributed by atoms with E-state index < -0.39 is 11.8 Å². The number of carboxylic acid groups (broad SMARTS) is 1. The van der Waals surface area contributed by atoms with Gasteiger partial charge in [-0.25, -0.2) is 4.79 Å². The van der Waals surface area contributed by atoms with Crippen LogP contribution in [0.3, 0.4) is 0 Å². The summed E-state index contributed by atoms with van der Waals surface area (Å²) in [6.07, 6.45) is -1.03. The van der Waals surface area contributed by atoms with Crippen LogP contribution in [0.15, 0.2) is 0 Å². The molecule has 0 radical (unpaired) electrons. The van der Waals surface area contributed by atoms with Crippen molar-refractivity contribution in [2.75, 3.05) is 26.3 Å². The van der Waals surface area contributed by atoms with E-state index in [9.17, 15) is 9.59 Å². The summed E-state index contributed by atoms with van der Waals surface area (Å²) in [6.45, 7) is 6.21. The number of esters is 1. The van der Waals surface area contributed by atoms with Crippen LogP contribution in [-0.4, -0.2) is 60.1 Å². The Morgan fingerprint density at radius 3 is 2.78 bits per heavy atom. The van der Waals surface area contributed by atoms with Crippen LogP contribution in [0.4, 0.5) is 4.79 Å². The summed E-state index contributed by atoms with van der Waals surface area (Å²) in [5, 5.41) is 12.0. The summed E-state index contributed by atoms with van der Waals surface area (Å²) >= 11 is 0. The van der Waals surface area contributed by atoms with Gasteiger partial charge in [0.2, 0.25) is 0 Å². The molecule has 1 amide bonds. The average Bonchev–Trinajstić information content (AvgIpc) is 2.54. The quantitative estimate of drug-likeness (QED) is 0.689. The first-order chi connectivity index (χ1) is 8.38. The highest BCUT2D eigenvalue weighted by Crippen LogP contribution is 2.26. The third-order valence-corrected chi connectivity index (χ3v) is 2.73. The smallest absolute Gasteiger partial charge is 0.409 e. The van der Waals surface area contributed by atoms with Gasteiger partial charge in [-0.2, -0.15) is 0 Å². The van der Waals surface area contributed by atoms with Crippen LogP contribution in [0, 0.1) is 0 Å². The molecule has 1 saturated heterocycles. The van der Waals surface area contributed by atoms with Gasteiger partial charge in [0.25, 0.3) is 0 Å². The SMILES string of the molecule is CCOC(=O)CNC[C@@H]1COC(C)(C)N1C(=O)O. The maximum Gasteiger partial charge on any atom is 0.409 e. The molecule has 1 rings (SSSR count). The standard InChI is InChI=1S/C11H20N2O5/c1-4-17-9(14)6-12-5-8-7-18-11(2,3)13(8)10(15)16/h8,12H,4-7H2,1-3H3,(H,15,16)/t8-/m1/s1. The van der Waals surface area contributed by atoms with Gasteiger partial charge in [-0.05, 0) is 20.8 Å². The lowest BCUT2D eigenvalue weighted by molar-refractivity contribution is -0.142. The number of nitrogens with zero attached hydrogens (tertiary/aromatic N) is 1. The Labute approximate surface area is 106 Å². The number of hydrogen-bond acceptors (Lipinski definition) is 5. The lowest BCUT2D eigenvalue weighted by atomic mass is 10.2. The molecular formula is C11H20N2O5. The second-order valence-corrected chi connectivity index (χ2v) is 4.50. The molecule has 18 heavy (non-hydrogen) atoms. The molecule has 0 aromatic heterocycles. The number of carbonyl (C=O) groups is 2. The molecule has 0 unspecified atom stereocenters. The van der Waals surface area contributed by atoms with Gasteiger partial charge in [0.05, 0.1) is 25.8 Å². The first kappa shape index (κ1) is 14.7. The van der Waals surface area contributed by atoms with E-state index in [1.807, 2.05) is 0 Å². The van der Waals surface area contributed by atoms with Crippen LogP contribution < -0.4 is 5.32 Å². The lowest BCUT2D eigenvalue weighted by Gasteiger charge is -2.30. The minimum atomic E-state index is -1.03. The molecule has 0 saturated carbocycles. The third-order valence-electron chi connectivity index (χ3n) is 2.73. The Morgan fingerprint density at radius 2 is 2.22 bits per heavy atom. The van der Waals surface area contributed by atoms with E-state index in [1.54, 1.807) is 20.8 Å². The van der Waals surface area contributed by atoms with Crippen molar-refractivity contribution in [2.45, 2.75) is 32.5 Å². The van der Waals surface area contributed by atoms with Crippen molar-refractivity contribution < 1.29 is 24.2 Å². The molecular weight excluding hydrogens is 240 g/mol. The second-order valence-electron chi connectivity index (χ2n) is 4.50. The van der Waals surface area contributed by atoms with Crippen LogP contribution in [0.25, 0.3) is 0 Å². The van der Waals surface area contributed by atoms with E-state index in [0.29, 0.717) is 19.8 Å². The molecule has 7 nitrogen and oxygen atoms in total. The fourth-order valence-corrected chi connectivity index (χ4v) is 1.97. The Kier molecular flexibility index (Phi) is 4.92. The van der Waals surface area contributed by atoms with Crippen molar-refractivity contribution in [3.63, 3.8) is 0 Å². The van der Waals surface area contributed by atoms with E-state index in [2.05, 4.69) is 5.32 Å². The predicted octanol–water partition coefficient (Wildman–Crippen LogP) is 0.254. The highest BCUT2D eigenvalue weighted by molar-refractivity contribution is 5.71. The van der Waals surface area contributed by atoms with Gasteiger partial charge in [-0.3, -0.25) is 9.69 Å². The Balaban J connectivity index is 2.43. The minimum absolute atomic E-state index is 0.0677. The predicted molar refractivity (Wildman–Crippen MR) is 63.2 cm³/mol. The van der Waals surface area contributed by atoms with Crippen LogP contribution in [-0.2, 0) is 14.3 Å². The second kappa shape index (κ2) is 6.01. The molecule has 1 heterocycles. The molecule has 1 fully saturated rings. The fourth-order valence-electron chi connectivity index (χ4n) is 1.97. The Hall–Kier alpha value is -1.34. The number of amides is 1. The first-order valence-corrected chi connectivity index (χ1v) is 5.91. The van der Waals surface area contributed by atoms with E-state index in [0.717, 1.165) is 0 Å². The Bertz CT molecular complexity index is 319. The van der Waals surface area contributed by atoms with Gasteiger partial charge in [0.1, 0.15) is 5.72 Å². The van der Waals surface area contributed by atoms with Crippen molar-refractivity contribution in [2.24, 2.45) is 0 Å². The van der Waals surface area contributed by atoms with E-state index in [-0.39, 0.29) is 18.6 Å². The van der Waals surface area contributed by atoms with Crippen molar-refractivity contribution in [3.05, 3.63) is 0 Å². The summed E-state index contributed by atoms with van der Waals surface area (Å²) in [5.41, 5.74) is -0.831. The molecule has 0 aromatic carbocycles. The van der Waals surface area contributed by atoms with Gasteiger partial charge in [0, 0.05) is 6.54 Å². The van der Waals surface area contributed by atoms with Crippen LogP contribution in [0.2, 0.25) is 0 Å². The lowest BCUT2D eigenvalue weighted by Crippen LogP contribution is -2.50. The monoisotopic (exact) mass is 260 g/mol. The van der Waals surface area contributed by atoms with Crippen LogP contribution in [0.5, 0.6) is 0 Å². The molecule has 104 valence electrons. The van der Waals surface area contributed by atoms with Gasteiger partial charge in [0.15, 0.2) is 0 Å². The molecule has 7 heteroatoms. The van der Waals surface area contributed by atoms with E-state index >= 15 is 0 Å². The normalized spacial score (nSPS) is 21.9. The van der Waals surface area contributed by atoms with Gasteiger partial charge in [-0.1, -0.05) is 0 Å². The van der Waals surface area contributed by atoms with Crippen molar-refractivity contribution >= 4 is 12.1 Å². The summed E-state index contributed by atoms with van der Waals surface area (Å²) in [4.78, 5) is 23.5. The molecule has 1 atom stereocenters. The number of carbonyl (C=O) groups excluding carboxylic acids is 1. The average molecular weight is 260 g/mol. The summed E-state index contributed by atoms with van der Waals surface area (Å²) in [6, 6.07) is -0.299. The largest absolute Gasteiger partial charge is 0.465 e. The zero-order valence-electron chi connectivity index (χ0n) is 10.9. The Morgan fingerprint density at radius 1 is 1.56 bits per heavy atom. The summed E-state index contributed by atoms with van der Waals surface area (Å²) in [7, 11) is 0. The number of rotatable bonds is 5. The molecule has 2 N–H and O–H groups in total. The maximum absolute atomic E-state index is 11.2. The molecule has 0 spiro atoms. The fraction of sp³-hybridized carbons (Fsp3) is 0.818. The topological polar surface area (TPSA) is 88.1 Å². The van der Waals surface area contributed by atoms with Crippen molar-refractivity contribution in [1.29, 1.82) is 0 Å². The summed E-state index contributed by atoms with van der Waals surface area (Å²) < 4.78 is 10.2. The van der Waals surface area contributed by atoms with E-state index in [4.69, 9.17) is 14.6 Å². The highest BCUT2D eigenvalue weighted by atomic mass is 16.5. The molecule has 1 aliphatic heterocycles. The minimum Gasteiger partial charge on any atom is -0.465 e. The van der Waals surface area contributed by atoms with E-state index in [1.165, 1.54) is 4.90 Å². The molecule has 1 aliphatic rings. The van der Waals surface area contributed by atoms with Crippen LogP contribution >= 0.6 is 0 Å². The van der Waals surface area contributed by atoms with Gasteiger partial charge < -0.3 is 19.9 Å². The van der Waals surface area contributed by atoms with Crippen molar-refractivity contribution in [1.82, 2.24) is 10.2 Å². The zero-order valence-corrected chi connectivity index (χ0v) is 10.9. The number of ether oxygens (including phenoxy) is 2. The van der Waals surface area contributed by atoms with Gasteiger partial charge >= 0.3 is 12.1 Å². The molecule has 0 aromatic rings. The summed E-state index contributed by atoms with van der Waals surface area (Å²) in [5.74, 6) is -0.349. The number of hydrogen-bond donors (Lipinski definition) is 2. The maximum atomic E-state index is 11.2. The zero-order chi connectivity index (χ0) is 13.8. The molecule has 0 bridgehead atoms. The first-order valence-electron chi connectivity index (χ1n) is 5.91. The number of nitrogens with one attached hydrogen (secondary N) is 1. The third kappa shape index (κ3) is 3.58.